The highest BCUT2D eigenvalue weighted by Crippen LogP contribution is 2.27. The average Bonchev–Trinajstić information content (AvgIpc) is 2.91. The molecular weight excluding hydrogens is 256 g/mol. The van der Waals surface area contributed by atoms with Gasteiger partial charge in [0.1, 0.15) is 5.75 Å². The Labute approximate surface area is 117 Å². The summed E-state index contributed by atoms with van der Waals surface area (Å²) < 4.78 is 10.6. The van der Waals surface area contributed by atoms with Gasteiger partial charge in [-0.3, -0.25) is 4.79 Å². The zero-order valence-corrected chi connectivity index (χ0v) is 11.5. The van der Waals surface area contributed by atoms with E-state index in [0.717, 1.165) is 22.2 Å². The Hall–Kier alpha value is -2.01. The lowest BCUT2D eigenvalue weighted by molar-refractivity contribution is -0.134. The van der Waals surface area contributed by atoms with Gasteiger partial charge >= 0.3 is 0 Å². The summed E-state index contributed by atoms with van der Waals surface area (Å²) in [6, 6.07) is 5.86. The van der Waals surface area contributed by atoms with Crippen LogP contribution in [-0.2, 0) is 16.0 Å². The van der Waals surface area contributed by atoms with E-state index in [-0.39, 0.29) is 5.91 Å². The van der Waals surface area contributed by atoms with E-state index in [0.29, 0.717) is 32.7 Å². The number of fused-ring (bicyclic) bond motifs is 1. The first-order chi connectivity index (χ1) is 9.79. The van der Waals surface area contributed by atoms with E-state index in [1.54, 1.807) is 7.11 Å². The average molecular weight is 274 g/mol. The Morgan fingerprint density at radius 2 is 2.20 bits per heavy atom. The van der Waals surface area contributed by atoms with Gasteiger partial charge in [0, 0.05) is 24.7 Å². The molecule has 1 aromatic heterocycles. The SMILES string of the molecule is COc1cccc2c(CC(=O)N3CCOCC3)c[nH]c12. The van der Waals surface area contributed by atoms with Crippen molar-refractivity contribution in [2.24, 2.45) is 0 Å². The summed E-state index contributed by atoms with van der Waals surface area (Å²) in [5, 5.41) is 1.05. The van der Waals surface area contributed by atoms with Crippen molar-refractivity contribution >= 4 is 16.8 Å². The molecule has 106 valence electrons. The summed E-state index contributed by atoms with van der Waals surface area (Å²) in [5.74, 6) is 0.949. The maximum atomic E-state index is 12.3. The van der Waals surface area contributed by atoms with Crippen LogP contribution in [-0.4, -0.2) is 49.2 Å². The monoisotopic (exact) mass is 274 g/mol. The predicted molar refractivity (Wildman–Crippen MR) is 76.0 cm³/mol. The minimum atomic E-state index is 0.150. The number of methoxy groups -OCH3 is 1. The third-order valence-electron chi connectivity index (χ3n) is 3.69. The number of nitrogens with zero attached hydrogens (tertiary/aromatic N) is 1. The van der Waals surface area contributed by atoms with Crippen LogP contribution in [0.25, 0.3) is 10.9 Å². The second kappa shape index (κ2) is 5.54. The molecule has 0 saturated carbocycles. The highest BCUT2D eigenvalue weighted by Gasteiger charge is 2.18. The Bertz CT molecular complexity index is 615. The molecule has 3 rings (SSSR count). The molecule has 0 radical (unpaired) electrons. The number of ether oxygens (including phenoxy) is 2. The van der Waals surface area contributed by atoms with Crippen molar-refractivity contribution in [3.8, 4) is 5.75 Å². The van der Waals surface area contributed by atoms with Crippen LogP contribution in [0.5, 0.6) is 5.75 Å². The van der Waals surface area contributed by atoms with Gasteiger partial charge in [-0.2, -0.15) is 0 Å². The minimum Gasteiger partial charge on any atom is -0.495 e. The van der Waals surface area contributed by atoms with Crippen LogP contribution in [0.1, 0.15) is 5.56 Å². The number of benzene rings is 1. The summed E-state index contributed by atoms with van der Waals surface area (Å²) in [7, 11) is 1.65. The number of morpholine rings is 1. The van der Waals surface area contributed by atoms with E-state index in [2.05, 4.69) is 4.98 Å². The summed E-state index contributed by atoms with van der Waals surface area (Å²) in [6.45, 7) is 2.63. The quantitative estimate of drug-likeness (QED) is 0.924. The fraction of sp³-hybridized carbons (Fsp3) is 0.400. The fourth-order valence-electron chi connectivity index (χ4n) is 2.59. The third-order valence-corrected chi connectivity index (χ3v) is 3.69. The van der Waals surface area contributed by atoms with Gasteiger partial charge in [-0.1, -0.05) is 12.1 Å². The normalized spacial score (nSPS) is 15.6. The molecule has 2 heterocycles. The number of amides is 1. The van der Waals surface area contributed by atoms with Crippen molar-refractivity contribution in [2.45, 2.75) is 6.42 Å². The molecule has 0 bridgehead atoms. The van der Waals surface area contributed by atoms with Crippen molar-refractivity contribution in [3.63, 3.8) is 0 Å². The largest absolute Gasteiger partial charge is 0.495 e. The zero-order valence-electron chi connectivity index (χ0n) is 11.5. The summed E-state index contributed by atoms with van der Waals surface area (Å²) in [6.07, 6.45) is 2.30. The van der Waals surface area contributed by atoms with Crippen LogP contribution in [0.4, 0.5) is 0 Å². The first-order valence-corrected chi connectivity index (χ1v) is 6.78. The van der Waals surface area contributed by atoms with Crippen molar-refractivity contribution < 1.29 is 14.3 Å². The minimum absolute atomic E-state index is 0.150. The lowest BCUT2D eigenvalue weighted by Crippen LogP contribution is -2.41. The fourth-order valence-corrected chi connectivity index (χ4v) is 2.59. The van der Waals surface area contributed by atoms with Crippen LogP contribution >= 0.6 is 0 Å². The van der Waals surface area contributed by atoms with Crippen molar-refractivity contribution in [3.05, 3.63) is 30.0 Å². The Kier molecular flexibility index (Phi) is 3.60. The number of rotatable bonds is 3. The van der Waals surface area contributed by atoms with E-state index in [1.807, 2.05) is 29.3 Å². The van der Waals surface area contributed by atoms with Gasteiger partial charge in [-0.25, -0.2) is 0 Å². The molecule has 20 heavy (non-hydrogen) atoms. The number of carbonyl (C=O) groups is 1. The Morgan fingerprint density at radius 1 is 1.40 bits per heavy atom. The molecule has 0 unspecified atom stereocenters. The molecule has 0 aliphatic carbocycles. The Morgan fingerprint density at radius 3 is 2.95 bits per heavy atom. The van der Waals surface area contributed by atoms with Crippen LogP contribution < -0.4 is 4.74 Å². The van der Waals surface area contributed by atoms with E-state index >= 15 is 0 Å². The van der Waals surface area contributed by atoms with Crippen LogP contribution in [0.15, 0.2) is 24.4 Å². The molecule has 5 nitrogen and oxygen atoms in total. The lowest BCUT2D eigenvalue weighted by atomic mass is 10.1. The molecule has 1 fully saturated rings. The van der Waals surface area contributed by atoms with Gasteiger partial charge in [0.25, 0.3) is 0 Å². The first kappa shape index (κ1) is 13.0. The molecule has 1 amide bonds. The summed E-state index contributed by atoms with van der Waals surface area (Å²) in [5.41, 5.74) is 1.95. The number of carbonyl (C=O) groups excluding carboxylic acids is 1. The van der Waals surface area contributed by atoms with E-state index in [9.17, 15) is 4.79 Å². The maximum absolute atomic E-state index is 12.3. The van der Waals surface area contributed by atoms with Crippen molar-refractivity contribution in [1.29, 1.82) is 0 Å². The van der Waals surface area contributed by atoms with Gasteiger partial charge in [-0.15, -0.1) is 0 Å². The number of H-pyrrole nitrogens is 1. The standard InChI is InChI=1S/C15H18N2O3/c1-19-13-4-2-3-12-11(10-16-15(12)13)9-14(18)17-5-7-20-8-6-17/h2-4,10,16H,5-9H2,1H3. The maximum Gasteiger partial charge on any atom is 0.227 e. The number of para-hydroxylation sites is 1. The molecule has 2 aromatic rings. The third kappa shape index (κ3) is 2.36. The molecule has 1 aromatic carbocycles. The van der Waals surface area contributed by atoms with Gasteiger partial charge in [0.2, 0.25) is 5.91 Å². The van der Waals surface area contributed by atoms with E-state index < -0.39 is 0 Å². The summed E-state index contributed by atoms with van der Waals surface area (Å²) >= 11 is 0. The molecule has 0 atom stereocenters. The van der Waals surface area contributed by atoms with Gasteiger partial charge in [0.15, 0.2) is 0 Å². The van der Waals surface area contributed by atoms with Crippen LogP contribution in [0.3, 0.4) is 0 Å². The molecule has 1 N–H and O–H groups in total. The van der Waals surface area contributed by atoms with Crippen molar-refractivity contribution in [1.82, 2.24) is 9.88 Å². The van der Waals surface area contributed by atoms with E-state index in [4.69, 9.17) is 9.47 Å². The van der Waals surface area contributed by atoms with Gasteiger partial charge in [0.05, 0.1) is 32.3 Å². The molecule has 1 aliphatic rings. The molecule has 5 heteroatoms. The number of aromatic nitrogens is 1. The van der Waals surface area contributed by atoms with Crippen molar-refractivity contribution in [2.75, 3.05) is 33.4 Å². The Balaban J connectivity index is 1.82. The smallest absolute Gasteiger partial charge is 0.227 e. The zero-order chi connectivity index (χ0) is 13.9. The highest BCUT2D eigenvalue weighted by molar-refractivity contribution is 5.92. The lowest BCUT2D eigenvalue weighted by Gasteiger charge is -2.26. The van der Waals surface area contributed by atoms with Crippen LogP contribution in [0.2, 0.25) is 0 Å². The van der Waals surface area contributed by atoms with Gasteiger partial charge < -0.3 is 19.4 Å². The van der Waals surface area contributed by atoms with Gasteiger partial charge in [-0.05, 0) is 11.6 Å². The summed E-state index contributed by atoms with van der Waals surface area (Å²) in [4.78, 5) is 17.3. The highest BCUT2D eigenvalue weighted by atomic mass is 16.5. The van der Waals surface area contributed by atoms with E-state index in [1.165, 1.54) is 0 Å². The number of aromatic amines is 1. The topological polar surface area (TPSA) is 54.6 Å². The second-order valence-electron chi connectivity index (χ2n) is 4.87. The number of hydrogen-bond donors (Lipinski definition) is 1. The molecule has 1 saturated heterocycles. The molecule has 0 spiro atoms. The number of hydrogen-bond acceptors (Lipinski definition) is 3. The second-order valence-corrected chi connectivity index (χ2v) is 4.87. The first-order valence-electron chi connectivity index (χ1n) is 6.78. The van der Waals surface area contributed by atoms with Crippen LogP contribution in [0, 0.1) is 0 Å². The molecule has 1 aliphatic heterocycles. The predicted octanol–water partition coefficient (Wildman–Crippen LogP) is 1.58. The number of nitrogens with one attached hydrogen (secondary N) is 1. The molecular formula is C15H18N2O3.